The van der Waals surface area contributed by atoms with Gasteiger partial charge in [-0.1, -0.05) is 12.8 Å². The standard InChI is InChI=1S/C16H20N2O/c1-11-8-16(19-10-12-4-2-3-5-12)14-9-13(17)6-7-15(14)18-11/h6-9,12H,2-5,10,17H2,1H3. The van der Waals surface area contributed by atoms with E-state index in [-0.39, 0.29) is 0 Å². The Morgan fingerprint density at radius 3 is 2.84 bits per heavy atom. The fraction of sp³-hybridized carbons (Fsp3) is 0.438. The molecule has 0 amide bonds. The number of nitrogen functional groups attached to an aromatic ring is 1. The lowest BCUT2D eigenvalue weighted by molar-refractivity contribution is 0.254. The average molecular weight is 256 g/mol. The largest absolute Gasteiger partial charge is 0.493 e. The van der Waals surface area contributed by atoms with E-state index in [4.69, 9.17) is 10.5 Å². The Kier molecular flexibility index (Phi) is 3.28. The van der Waals surface area contributed by atoms with Gasteiger partial charge in [-0.2, -0.15) is 0 Å². The molecule has 3 nitrogen and oxygen atoms in total. The summed E-state index contributed by atoms with van der Waals surface area (Å²) in [6, 6.07) is 7.80. The van der Waals surface area contributed by atoms with Crippen LogP contribution < -0.4 is 10.5 Å². The van der Waals surface area contributed by atoms with Crippen molar-refractivity contribution in [2.75, 3.05) is 12.3 Å². The molecule has 3 heteroatoms. The minimum Gasteiger partial charge on any atom is -0.493 e. The second kappa shape index (κ2) is 5.08. The molecule has 1 aliphatic carbocycles. The zero-order valence-corrected chi connectivity index (χ0v) is 11.4. The Labute approximate surface area is 113 Å². The number of nitrogens with two attached hydrogens (primary N) is 1. The van der Waals surface area contributed by atoms with Crippen molar-refractivity contribution in [3.05, 3.63) is 30.0 Å². The summed E-state index contributed by atoms with van der Waals surface area (Å²) in [7, 11) is 0. The van der Waals surface area contributed by atoms with Gasteiger partial charge in [0, 0.05) is 22.8 Å². The van der Waals surface area contributed by atoms with Crippen LogP contribution >= 0.6 is 0 Å². The van der Waals surface area contributed by atoms with Gasteiger partial charge in [0.25, 0.3) is 0 Å². The number of aromatic nitrogens is 1. The number of benzene rings is 1. The molecule has 0 atom stereocenters. The van der Waals surface area contributed by atoms with Crippen molar-refractivity contribution >= 4 is 16.6 Å². The maximum absolute atomic E-state index is 6.04. The molecule has 1 heterocycles. The van der Waals surface area contributed by atoms with Crippen molar-refractivity contribution in [3.8, 4) is 5.75 Å². The van der Waals surface area contributed by atoms with Crippen molar-refractivity contribution in [2.24, 2.45) is 5.92 Å². The van der Waals surface area contributed by atoms with E-state index >= 15 is 0 Å². The van der Waals surface area contributed by atoms with Crippen LogP contribution in [0.25, 0.3) is 10.9 Å². The summed E-state index contributed by atoms with van der Waals surface area (Å²) in [4.78, 5) is 4.52. The number of nitrogens with zero attached hydrogens (tertiary/aromatic N) is 1. The van der Waals surface area contributed by atoms with E-state index in [1.54, 1.807) is 0 Å². The molecule has 19 heavy (non-hydrogen) atoms. The van der Waals surface area contributed by atoms with Crippen molar-refractivity contribution in [2.45, 2.75) is 32.6 Å². The van der Waals surface area contributed by atoms with Gasteiger partial charge in [0.15, 0.2) is 0 Å². The molecule has 0 radical (unpaired) electrons. The lowest BCUT2D eigenvalue weighted by Gasteiger charge is -2.14. The number of rotatable bonds is 3. The number of fused-ring (bicyclic) bond motifs is 1. The first-order chi connectivity index (χ1) is 9.22. The molecule has 0 aliphatic heterocycles. The van der Waals surface area contributed by atoms with E-state index in [1.165, 1.54) is 25.7 Å². The van der Waals surface area contributed by atoms with Gasteiger partial charge < -0.3 is 10.5 Å². The predicted octanol–water partition coefficient (Wildman–Crippen LogP) is 3.69. The molecule has 3 rings (SSSR count). The number of hydrogen-bond donors (Lipinski definition) is 1. The summed E-state index contributed by atoms with van der Waals surface area (Å²) < 4.78 is 6.04. The zero-order valence-electron chi connectivity index (χ0n) is 11.4. The van der Waals surface area contributed by atoms with Gasteiger partial charge in [-0.15, -0.1) is 0 Å². The monoisotopic (exact) mass is 256 g/mol. The molecule has 1 fully saturated rings. The van der Waals surface area contributed by atoms with Gasteiger partial charge in [0.2, 0.25) is 0 Å². The normalized spacial score (nSPS) is 16.1. The van der Waals surface area contributed by atoms with Crippen molar-refractivity contribution in [3.63, 3.8) is 0 Å². The first-order valence-electron chi connectivity index (χ1n) is 7.02. The van der Waals surface area contributed by atoms with E-state index in [2.05, 4.69) is 4.98 Å². The quantitative estimate of drug-likeness (QED) is 0.852. The van der Waals surface area contributed by atoms with E-state index in [9.17, 15) is 0 Å². The van der Waals surface area contributed by atoms with Crippen LogP contribution in [0.1, 0.15) is 31.4 Å². The summed E-state index contributed by atoms with van der Waals surface area (Å²) in [5, 5.41) is 1.02. The molecule has 1 aromatic heterocycles. The molecule has 1 aromatic carbocycles. The first-order valence-corrected chi connectivity index (χ1v) is 7.02. The second-order valence-corrected chi connectivity index (χ2v) is 5.50. The summed E-state index contributed by atoms with van der Waals surface area (Å²) in [5.74, 6) is 1.63. The zero-order chi connectivity index (χ0) is 13.2. The Balaban J connectivity index is 1.89. The lowest BCUT2D eigenvalue weighted by atomic mass is 10.1. The van der Waals surface area contributed by atoms with E-state index < -0.39 is 0 Å². The second-order valence-electron chi connectivity index (χ2n) is 5.50. The van der Waals surface area contributed by atoms with Gasteiger partial charge in [-0.05, 0) is 43.9 Å². The van der Waals surface area contributed by atoms with Crippen LogP contribution in [0.2, 0.25) is 0 Å². The molecule has 0 bridgehead atoms. The number of hydrogen-bond acceptors (Lipinski definition) is 3. The molecule has 0 saturated heterocycles. The Morgan fingerprint density at radius 1 is 1.26 bits per heavy atom. The number of ether oxygens (including phenoxy) is 1. The maximum Gasteiger partial charge on any atom is 0.130 e. The van der Waals surface area contributed by atoms with Gasteiger partial charge >= 0.3 is 0 Å². The Bertz CT molecular complexity index is 589. The minimum atomic E-state index is 0.713. The van der Waals surface area contributed by atoms with Gasteiger partial charge in [-0.25, -0.2) is 0 Å². The SMILES string of the molecule is Cc1cc(OCC2CCCC2)c2cc(N)ccc2n1. The Hall–Kier alpha value is -1.77. The van der Waals surface area contributed by atoms with E-state index in [1.807, 2.05) is 31.2 Å². The van der Waals surface area contributed by atoms with Gasteiger partial charge in [0.1, 0.15) is 5.75 Å². The first kappa shape index (κ1) is 12.3. The summed E-state index contributed by atoms with van der Waals surface area (Å²) in [6.45, 7) is 2.81. The molecule has 2 N–H and O–H groups in total. The van der Waals surface area contributed by atoms with Crippen molar-refractivity contribution < 1.29 is 4.74 Å². The highest BCUT2D eigenvalue weighted by atomic mass is 16.5. The number of aryl methyl sites for hydroxylation is 1. The summed E-state index contributed by atoms with van der Waals surface area (Å²) in [5.41, 5.74) is 8.56. The topological polar surface area (TPSA) is 48.1 Å². The third-order valence-corrected chi connectivity index (χ3v) is 3.87. The fourth-order valence-corrected chi connectivity index (χ4v) is 2.84. The highest BCUT2D eigenvalue weighted by Gasteiger charge is 2.16. The maximum atomic E-state index is 6.04. The van der Waals surface area contributed by atoms with Crippen LogP contribution in [0.15, 0.2) is 24.3 Å². The summed E-state index contributed by atoms with van der Waals surface area (Å²) in [6.07, 6.45) is 5.28. The lowest BCUT2D eigenvalue weighted by Crippen LogP contribution is -2.08. The third kappa shape index (κ3) is 2.65. The van der Waals surface area contributed by atoms with Gasteiger partial charge in [0.05, 0.1) is 12.1 Å². The smallest absolute Gasteiger partial charge is 0.130 e. The molecule has 2 aromatic rings. The highest BCUT2D eigenvalue weighted by Crippen LogP contribution is 2.30. The molecule has 0 spiro atoms. The molecule has 100 valence electrons. The molecule has 1 saturated carbocycles. The van der Waals surface area contributed by atoms with Crippen molar-refractivity contribution in [1.29, 1.82) is 0 Å². The predicted molar refractivity (Wildman–Crippen MR) is 78.3 cm³/mol. The number of pyridine rings is 1. The Morgan fingerprint density at radius 2 is 2.05 bits per heavy atom. The molecule has 0 unspecified atom stereocenters. The number of anilines is 1. The van der Waals surface area contributed by atoms with Gasteiger partial charge in [-0.3, -0.25) is 4.98 Å². The summed E-state index contributed by atoms with van der Waals surface area (Å²) >= 11 is 0. The molecule has 1 aliphatic rings. The third-order valence-electron chi connectivity index (χ3n) is 3.87. The van der Waals surface area contributed by atoms with Crippen LogP contribution in [-0.4, -0.2) is 11.6 Å². The van der Waals surface area contributed by atoms with Crippen LogP contribution in [0.5, 0.6) is 5.75 Å². The van der Waals surface area contributed by atoms with E-state index in [0.717, 1.165) is 34.6 Å². The average Bonchev–Trinajstić information content (AvgIpc) is 2.89. The van der Waals surface area contributed by atoms with Crippen molar-refractivity contribution in [1.82, 2.24) is 4.98 Å². The molecular weight excluding hydrogens is 236 g/mol. The van der Waals surface area contributed by atoms with Crippen LogP contribution in [0.3, 0.4) is 0 Å². The molecular formula is C16H20N2O. The van der Waals surface area contributed by atoms with E-state index in [0.29, 0.717) is 5.92 Å². The fourth-order valence-electron chi connectivity index (χ4n) is 2.84. The van der Waals surface area contributed by atoms with Crippen LogP contribution in [0.4, 0.5) is 5.69 Å². The van der Waals surface area contributed by atoms with Crippen LogP contribution in [-0.2, 0) is 0 Å². The minimum absolute atomic E-state index is 0.713. The van der Waals surface area contributed by atoms with Crippen LogP contribution in [0, 0.1) is 12.8 Å². The highest BCUT2D eigenvalue weighted by molar-refractivity contribution is 5.87.